The first kappa shape index (κ1) is 13.0. The van der Waals surface area contributed by atoms with Crippen LogP contribution >= 0.6 is 0 Å². The van der Waals surface area contributed by atoms with Gasteiger partial charge in [-0.3, -0.25) is 0 Å². The molecule has 0 aliphatic carbocycles. The molecule has 0 fully saturated rings. The molecule has 0 spiro atoms. The van der Waals surface area contributed by atoms with Crippen LogP contribution in [-0.4, -0.2) is 12.3 Å². The molecule has 0 aliphatic rings. The minimum Gasteiger partial charge on any atom is -0.493 e. The number of aromatic nitrogens is 1. The second-order valence-corrected chi connectivity index (χ2v) is 4.11. The fraction of sp³-hybridized carbons (Fsp3) is 0.286. The number of nitriles is 1. The summed E-state index contributed by atoms with van der Waals surface area (Å²) in [5.74, 6) is 1.72. The Kier molecular flexibility index (Phi) is 3.71. The van der Waals surface area contributed by atoms with Gasteiger partial charge in [-0.1, -0.05) is 5.16 Å². The molecule has 0 aliphatic heterocycles. The van der Waals surface area contributed by atoms with Gasteiger partial charge in [0.15, 0.2) is 23.4 Å². The SMILES string of the molecule is COc1cc(C#N)ccc1OC(C)c1cc(C)no1. The van der Waals surface area contributed by atoms with Crippen molar-refractivity contribution >= 4 is 0 Å². The van der Waals surface area contributed by atoms with Gasteiger partial charge in [-0.2, -0.15) is 5.26 Å². The lowest BCUT2D eigenvalue weighted by Gasteiger charge is -2.14. The van der Waals surface area contributed by atoms with E-state index in [0.29, 0.717) is 22.8 Å². The minimum absolute atomic E-state index is 0.289. The first-order valence-electron chi connectivity index (χ1n) is 5.82. The van der Waals surface area contributed by atoms with E-state index >= 15 is 0 Å². The van der Waals surface area contributed by atoms with Crippen LogP contribution in [0, 0.1) is 18.3 Å². The predicted octanol–water partition coefficient (Wildman–Crippen LogP) is 3.00. The van der Waals surface area contributed by atoms with E-state index in [2.05, 4.69) is 11.2 Å². The molecule has 5 nitrogen and oxygen atoms in total. The van der Waals surface area contributed by atoms with Crippen molar-refractivity contribution in [2.45, 2.75) is 20.0 Å². The van der Waals surface area contributed by atoms with Crippen molar-refractivity contribution in [3.8, 4) is 17.6 Å². The molecule has 0 saturated carbocycles. The van der Waals surface area contributed by atoms with Crippen molar-refractivity contribution in [1.82, 2.24) is 5.16 Å². The molecule has 5 heteroatoms. The van der Waals surface area contributed by atoms with Crippen LogP contribution in [0.25, 0.3) is 0 Å². The second kappa shape index (κ2) is 5.44. The zero-order chi connectivity index (χ0) is 13.8. The number of aryl methyl sites for hydroxylation is 1. The molecular weight excluding hydrogens is 244 g/mol. The van der Waals surface area contributed by atoms with Crippen LogP contribution < -0.4 is 9.47 Å². The molecule has 2 rings (SSSR count). The summed E-state index contributed by atoms with van der Waals surface area (Å²) in [6, 6.07) is 8.89. The zero-order valence-electron chi connectivity index (χ0n) is 11.0. The summed E-state index contributed by atoms with van der Waals surface area (Å²) in [6.45, 7) is 3.71. The maximum atomic E-state index is 8.84. The van der Waals surface area contributed by atoms with Gasteiger partial charge < -0.3 is 14.0 Å². The highest BCUT2D eigenvalue weighted by molar-refractivity contribution is 5.46. The monoisotopic (exact) mass is 258 g/mol. The van der Waals surface area contributed by atoms with E-state index in [1.165, 1.54) is 7.11 Å². The molecular formula is C14H14N2O3. The molecule has 2 aromatic rings. The Bertz CT molecular complexity index is 613. The van der Waals surface area contributed by atoms with Crippen LogP contribution in [0.2, 0.25) is 0 Å². The number of hydrogen-bond donors (Lipinski definition) is 0. The maximum Gasteiger partial charge on any atom is 0.177 e. The number of hydrogen-bond acceptors (Lipinski definition) is 5. The molecule has 1 unspecified atom stereocenters. The third kappa shape index (κ3) is 2.86. The van der Waals surface area contributed by atoms with Crippen molar-refractivity contribution < 1.29 is 14.0 Å². The highest BCUT2D eigenvalue weighted by Crippen LogP contribution is 2.31. The van der Waals surface area contributed by atoms with Gasteiger partial charge in [0.25, 0.3) is 0 Å². The molecule has 98 valence electrons. The summed E-state index contributed by atoms with van der Waals surface area (Å²) in [6.07, 6.45) is -0.289. The summed E-state index contributed by atoms with van der Waals surface area (Å²) in [7, 11) is 1.53. The van der Waals surface area contributed by atoms with Gasteiger partial charge in [0.2, 0.25) is 0 Å². The van der Waals surface area contributed by atoms with E-state index in [0.717, 1.165) is 5.69 Å². The number of nitrogens with zero attached hydrogens (tertiary/aromatic N) is 2. The Morgan fingerprint density at radius 3 is 2.68 bits per heavy atom. The Labute approximate surface area is 111 Å². The number of rotatable bonds is 4. The number of benzene rings is 1. The standard InChI is InChI=1S/C14H14N2O3/c1-9-6-13(19-16-9)10(2)18-12-5-4-11(8-15)7-14(12)17-3/h4-7,10H,1-3H3. The lowest BCUT2D eigenvalue weighted by Crippen LogP contribution is -2.03. The second-order valence-electron chi connectivity index (χ2n) is 4.11. The van der Waals surface area contributed by atoms with Crippen molar-refractivity contribution in [3.63, 3.8) is 0 Å². The van der Waals surface area contributed by atoms with Crippen molar-refractivity contribution in [2.75, 3.05) is 7.11 Å². The van der Waals surface area contributed by atoms with Crippen LogP contribution in [0.1, 0.15) is 30.0 Å². The molecule has 0 N–H and O–H groups in total. The zero-order valence-corrected chi connectivity index (χ0v) is 11.0. The molecule has 1 aromatic heterocycles. The van der Waals surface area contributed by atoms with Gasteiger partial charge in [-0.25, -0.2) is 0 Å². The van der Waals surface area contributed by atoms with Crippen LogP contribution in [0.5, 0.6) is 11.5 Å². The quantitative estimate of drug-likeness (QED) is 0.843. The van der Waals surface area contributed by atoms with Gasteiger partial charge >= 0.3 is 0 Å². The van der Waals surface area contributed by atoms with Gasteiger partial charge in [-0.05, 0) is 26.0 Å². The molecule has 0 amide bonds. The Morgan fingerprint density at radius 1 is 1.32 bits per heavy atom. The molecule has 1 atom stereocenters. The maximum absolute atomic E-state index is 8.84. The summed E-state index contributed by atoms with van der Waals surface area (Å²) in [5.41, 5.74) is 1.32. The molecule has 0 radical (unpaired) electrons. The van der Waals surface area contributed by atoms with Crippen molar-refractivity contribution in [1.29, 1.82) is 5.26 Å². The summed E-state index contributed by atoms with van der Waals surface area (Å²) in [5, 5.41) is 12.7. The van der Waals surface area contributed by atoms with E-state index in [-0.39, 0.29) is 6.10 Å². The van der Waals surface area contributed by atoms with E-state index in [1.54, 1.807) is 18.2 Å². The van der Waals surface area contributed by atoms with Gasteiger partial charge in [0, 0.05) is 12.1 Å². The van der Waals surface area contributed by atoms with Crippen molar-refractivity contribution in [2.24, 2.45) is 0 Å². The van der Waals surface area contributed by atoms with Gasteiger partial charge in [0.05, 0.1) is 24.4 Å². The first-order chi connectivity index (χ1) is 9.13. The van der Waals surface area contributed by atoms with E-state index in [9.17, 15) is 0 Å². The van der Waals surface area contributed by atoms with Gasteiger partial charge in [0.1, 0.15) is 0 Å². The van der Waals surface area contributed by atoms with Gasteiger partial charge in [-0.15, -0.1) is 0 Å². The van der Waals surface area contributed by atoms with Crippen LogP contribution in [-0.2, 0) is 0 Å². The fourth-order valence-electron chi connectivity index (χ4n) is 1.66. The molecule has 1 heterocycles. The van der Waals surface area contributed by atoms with Crippen molar-refractivity contribution in [3.05, 3.63) is 41.3 Å². The van der Waals surface area contributed by atoms with E-state index < -0.39 is 0 Å². The largest absolute Gasteiger partial charge is 0.493 e. The van der Waals surface area contributed by atoms with Crippen LogP contribution in [0.4, 0.5) is 0 Å². The van der Waals surface area contributed by atoms with Crippen LogP contribution in [0.3, 0.4) is 0 Å². The molecule has 0 bridgehead atoms. The number of ether oxygens (including phenoxy) is 2. The molecule has 0 saturated heterocycles. The van der Waals surface area contributed by atoms with E-state index in [1.807, 2.05) is 19.9 Å². The lowest BCUT2D eigenvalue weighted by atomic mass is 10.2. The highest BCUT2D eigenvalue weighted by atomic mass is 16.5. The Hall–Kier alpha value is -2.48. The topological polar surface area (TPSA) is 68.3 Å². The summed E-state index contributed by atoms with van der Waals surface area (Å²) < 4.78 is 16.1. The third-order valence-electron chi connectivity index (χ3n) is 2.64. The normalized spacial score (nSPS) is 11.7. The summed E-state index contributed by atoms with van der Waals surface area (Å²) in [4.78, 5) is 0. The summed E-state index contributed by atoms with van der Waals surface area (Å²) >= 11 is 0. The van der Waals surface area contributed by atoms with Crippen LogP contribution in [0.15, 0.2) is 28.8 Å². The lowest BCUT2D eigenvalue weighted by molar-refractivity contribution is 0.175. The first-order valence-corrected chi connectivity index (χ1v) is 5.82. The number of methoxy groups -OCH3 is 1. The Balaban J connectivity index is 2.21. The van der Waals surface area contributed by atoms with E-state index in [4.69, 9.17) is 19.3 Å². The fourth-order valence-corrected chi connectivity index (χ4v) is 1.66. The predicted molar refractivity (Wildman–Crippen MR) is 68.0 cm³/mol. The molecule has 19 heavy (non-hydrogen) atoms. The third-order valence-corrected chi connectivity index (χ3v) is 2.64. The average Bonchev–Trinajstić information content (AvgIpc) is 2.86. The smallest absolute Gasteiger partial charge is 0.177 e. The Morgan fingerprint density at radius 2 is 2.11 bits per heavy atom. The molecule has 1 aromatic carbocycles. The minimum atomic E-state index is -0.289. The highest BCUT2D eigenvalue weighted by Gasteiger charge is 2.15. The average molecular weight is 258 g/mol.